The summed E-state index contributed by atoms with van der Waals surface area (Å²) in [5.74, 6) is 0.632. The zero-order valence-corrected chi connectivity index (χ0v) is 13.7. The number of aromatic nitrogens is 2. The SMILES string of the molecule is Cn1c(COC(=O)N(CCCl)CCCl)cnc1S(C)=O. The minimum absolute atomic E-state index is 0.0562. The van der Waals surface area contributed by atoms with Crippen molar-refractivity contribution >= 4 is 40.1 Å². The maximum atomic E-state index is 11.8. The van der Waals surface area contributed by atoms with Gasteiger partial charge < -0.3 is 14.2 Å². The number of hydrogen-bond acceptors (Lipinski definition) is 4. The lowest BCUT2D eigenvalue weighted by molar-refractivity contribution is 0.0983. The summed E-state index contributed by atoms with van der Waals surface area (Å²) in [4.78, 5) is 17.3. The molecule has 0 fully saturated rings. The first-order valence-electron chi connectivity index (χ1n) is 5.89. The van der Waals surface area contributed by atoms with Gasteiger partial charge in [-0.15, -0.1) is 23.2 Å². The normalized spacial score (nSPS) is 12.2. The van der Waals surface area contributed by atoms with E-state index in [1.165, 1.54) is 11.1 Å². The van der Waals surface area contributed by atoms with E-state index in [9.17, 15) is 9.00 Å². The fraction of sp³-hybridized carbons (Fsp3) is 0.636. The van der Waals surface area contributed by atoms with Gasteiger partial charge in [0.05, 0.1) is 22.7 Å². The van der Waals surface area contributed by atoms with Gasteiger partial charge in [0.25, 0.3) is 0 Å². The van der Waals surface area contributed by atoms with Crippen LogP contribution in [0.2, 0.25) is 0 Å². The van der Waals surface area contributed by atoms with Crippen LogP contribution in [0.3, 0.4) is 0 Å². The summed E-state index contributed by atoms with van der Waals surface area (Å²) in [6.07, 6.45) is 2.60. The molecule has 1 amide bonds. The molecule has 1 rings (SSSR count). The molecule has 0 spiro atoms. The molecule has 0 aliphatic carbocycles. The molecule has 9 heteroatoms. The number of nitrogens with zero attached hydrogens (tertiary/aromatic N) is 3. The van der Waals surface area contributed by atoms with E-state index < -0.39 is 16.9 Å². The molecule has 1 atom stereocenters. The second-order valence-corrected chi connectivity index (χ2v) is 5.99. The van der Waals surface area contributed by atoms with Gasteiger partial charge >= 0.3 is 6.09 Å². The fourth-order valence-corrected chi connectivity index (χ4v) is 2.66. The number of ether oxygens (including phenoxy) is 1. The summed E-state index contributed by atoms with van der Waals surface area (Å²) in [5, 5.41) is 0.439. The predicted molar refractivity (Wildman–Crippen MR) is 78.7 cm³/mol. The first-order valence-corrected chi connectivity index (χ1v) is 8.51. The Hall–Kier alpha value is -0.790. The molecule has 6 nitrogen and oxygen atoms in total. The third-order valence-electron chi connectivity index (χ3n) is 2.61. The number of hydrogen-bond donors (Lipinski definition) is 0. The zero-order valence-electron chi connectivity index (χ0n) is 11.3. The Morgan fingerprint density at radius 1 is 1.45 bits per heavy atom. The molecular formula is C11H17Cl2N3O3S. The van der Waals surface area contributed by atoms with Crippen LogP contribution in [0.15, 0.2) is 11.4 Å². The Morgan fingerprint density at radius 3 is 2.50 bits per heavy atom. The molecule has 0 N–H and O–H groups in total. The Kier molecular flexibility index (Phi) is 7.32. The number of imidazole rings is 1. The van der Waals surface area contributed by atoms with Crippen molar-refractivity contribution in [1.29, 1.82) is 0 Å². The van der Waals surface area contributed by atoms with Crippen LogP contribution in [0, 0.1) is 0 Å². The number of rotatable bonds is 7. The molecule has 1 aromatic heterocycles. The van der Waals surface area contributed by atoms with Gasteiger partial charge in [-0.2, -0.15) is 0 Å². The van der Waals surface area contributed by atoms with Crippen LogP contribution < -0.4 is 0 Å². The van der Waals surface area contributed by atoms with Gasteiger partial charge in [0.1, 0.15) is 6.61 Å². The highest BCUT2D eigenvalue weighted by Crippen LogP contribution is 2.08. The molecule has 0 aliphatic rings. The Balaban J connectivity index is 2.62. The maximum absolute atomic E-state index is 11.8. The number of amides is 1. The van der Waals surface area contributed by atoms with Gasteiger partial charge in [-0.3, -0.25) is 4.21 Å². The third kappa shape index (κ3) is 4.64. The van der Waals surface area contributed by atoms with Crippen molar-refractivity contribution < 1.29 is 13.7 Å². The van der Waals surface area contributed by atoms with Crippen LogP contribution in [-0.4, -0.2) is 55.9 Å². The topological polar surface area (TPSA) is 64.4 Å². The molecule has 1 unspecified atom stereocenters. The summed E-state index contributed by atoms with van der Waals surface area (Å²) in [7, 11) is 0.542. The molecule has 0 aliphatic heterocycles. The molecule has 114 valence electrons. The Bertz CT molecular complexity index is 475. The maximum Gasteiger partial charge on any atom is 0.410 e. The lowest BCUT2D eigenvalue weighted by Crippen LogP contribution is -2.34. The summed E-state index contributed by atoms with van der Waals surface area (Å²) in [6, 6.07) is 0. The van der Waals surface area contributed by atoms with Crippen LogP contribution in [0.4, 0.5) is 4.79 Å². The lowest BCUT2D eigenvalue weighted by atomic mass is 10.5. The van der Waals surface area contributed by atoms with Crippen molar-refractivity contribution in [1.82, 2.24) is 14.5 Å². The van der Waals surface area contributed by atoms with E-state index in [2.05, 4.69) is 4.98 Å². The van der Waals surface area contributed by atoms with Crippen LogP contribution in [0.25, 0.3) is 0 Å². The first kappa shape index (κ1) is 17.3. The third-order valence-corrected chi connectivity index (χ3v) is 3.84. The predicted octanol–water partition coefficient (Wildman–Crippen LogP) is 1.57. The van der Waals surface area contributed by atoms with E-state index >= 15 is 0 Å². The number of carbonyl (C=O) groups excluding carboxylic acids is 1. The summed E-state index contributed by atoms with van der Waals surface area (Å²) < 4.78 is 18.2. The molecule has 1 heterocycles. The van der Waals surface area contributed by atoms with Gasteiger partial charge in [0, 0.05) is 38.2 Å². The number of alkyl halides is 2. The van der Waals surface area contributed by atoms with E-state index in [0.29, 0.717) is 35.7 Å². The standard InChI is InChI=1S/C11H17Cl2N3O3S/c1-15-9(7-14-10(15)20(2)18)8-19-11(17)16(5-3-12)6-4-13/h7H,3-6,8H2,1-2H3. The van der Waals surface area contributed by atoms with Crippen molar-refractivity contribution in [3.05, 3.63) is 11.9 Å². The van der Waals surface area contributed by atoms with Crippen molar-refractivity contribution in [3.63, 3.8) is 0 Å². The van der Waals surface area contributed by atoms with E-state index in [1.807, 2.05) is 0 Å². The van der Waals surface area contributed by atoms with E-state index in [-0.39, 0.29) is 6.61 Å². The first-order chi connectivity index (χ1) is 9.51. The van der Waals surface area contributed by atoms with Crippen LogP contribution in [0.5, 0.6) is 0 Å². The molecule has 0 aromatic carbocycles. The van der Waals surface area contributed by atoms with Gasteiger partial charge in [-0.05, 0) is 0 Å². The van der Waals surface area contributed by atoms with Crippen molar-refractivity contribution in [2.45, 2.75) is 11.8 Å². The fourth-order valence-electron chi connectivity index (χ4n) is 1.55. The highest BCUT2D eigenvalue weighted by molar-refractivity contribution is 7.84. The van der Waals surface area contributed by atoms with E-state index in [1.54, 1.807) is 17.9 Å². The lowest BCUT2D eigenvalue weighted by Gasteiger charge is -2.19. The molecule has 20 heavy (non-hydrogen) atoms. The molecular weight excluding hydrogens is 325 g/mol. The van der Waals surface area contributed by atoms with E-state index in [4.69, 9.17) is 27.9 Å². The smallest absolute Gasteiger partial charge is 0.410 e. The average molecular weight is 342 g/mol. The van der Waals surface area contributed by atoms with Crippen molar-refractivity contribution in [3.8, 4) is 0 Å². The van der Waals surface area contributed by atoms with Crippen LogP contribution in [-0.2, 0) is 29.2 Å². The Morgan fingerprint density at radius 2 is 2.05 bits per heavy atom. The quantitative estimate of drug-likeness (QED) is 0.706. The van der Waals surface area contributed by atoms with Crippen molar-refractivity contribution in [2.24, 2.45) is 7.05 Å². The highest BCUT2D eigenvalue weighted by atomic mass is 35.5. The molecule has 0 bridgehead atoms. The second-order valence-electron chi connectivity index (χ2n) is 3.96. The minimum Gasteiger partial charge on any atom is -0.443 e. The second kappa shape index (κ2) is 8.49. The van der Waals surface area contributed by atoms with Crippen LogP contribution >= 0.6 is 23.2 Å². The highest BCUT2D eigenvalue weighted by Gasteiger charge is 2.16. The minimum atomic E-state index is -1.18. The van der Waals surface area contributed by atoms with Gasteiger partial charge in [-0.1, -0.05) is 0 Å². The van der Waals surface area contributed by atoms with E-state index in [0.717, 1.165) is 0 Å². The molecule has 0 saturated heterocycles. The van der Waals surface area contributed by atoms with Gasteiger partial charge in [-0.25, -0.2) is 9.78 Å². The summed E-state index contributed by atoms with van der Waals surface area (Å²) in [6.45, 7) is 0.812. The van der Waals surface area contributed by atoms with Crippen LogP contribution in [0.1, 0.15) is 5.69 Å². The molecule has 0 radical (unpaired) electrons. The van der Waals surface area contributed by atoms with Crippen molar-refractivity contribution in [2.75, 3.05) is 31.1 Å². The molecule has 1 aromatic rings. The number of halogens is 2. The number of carbonyl (C=O) groups is 1. The molecule has 0 saturated carbocycles. The average Bonchev–Trinajstić information content (AvgIpc) is 2.77. The summed E-state index contributed by atoms with van der Waals surface area (Å²) in [5.41, 5.74) is 0.667. The Labute approximate surface area is 130 Å². The summed E-state index contributed by atoms with van der Waals surface area (Å²) >= 11 is 11.2. The largest absolute Gasteiger partial charge is 0.443 e. The van der Waals surface area contributed by atoms with Gasteiger partial charge in [0.2, 0.25) is 0 Å². The van der Waals surface area contributed by atoms with Gasteiger partial charge in [0.15, 0.2) is 5.16 Å². The monoisotopic (exact) mass is 341 g/mol. The zero-order chi connectivity index (χ0) is 15.1.